The van der Waals surface area contributed by atoms with E-state index in [4.69, 9.17) is 0 Å². The van der Waals surface area contributed by atoms with Gasteiger partial charge in [0.15, 0.2) is 0 Å². The lowest BCUT2D eigenvalue weighted by atomic mass is 10.1. The number of anilines is 1. The average Bonchev–Trinajstić information content (AvgIpc) is 2.42. The largest absolute Gasteiger partial charge is 0.385 e. The Kier molecular flexibility index (Phi) is 7.43. The second kappa shape index (κ2) is 8.82. The molecule has 4 nitrogen and oxygen atoms in total. The molecule has 1 aromatic carbocycles. The van der Waals surface area contributed by atoms with Gasteiger partial charge in [0.1, 0.15) is 0 Å². The first kappa shape index (κ1) is 17.7. The third kappa shape index (κ3) is 6.29. The molecule has 0 heterocycles. The summed E-state index contributed by atoms with van der Waals surface area (Å²) in [4.78, 5) is 12.2. The summed E-state index contributed by atoms with van der Waals surface area (Å²) in [6.07, 6.45) is 3.47. The molecule has 2 unspecified atom stereocenters. The van der Waals surface area contributed by atoms with E-state index in [2.05, 4.69) is 17.6 Å². The Hall–Kier alpha value is -1.36. The molecule has 0 radical (unpaired) electrons. The van der Waals surface area contributed by atoms with E-state index in [-0.39, 0.29) is 11.9 Å². The molecule has 0 aromatic heterocycles. The highest BCUT2D eigenvalue weighted by molar-refractivity contribution is 7.84. The molecule has 1 aromatic rings. The monoisotopic (exact) mass is 310 g/mol. The molecule has 1 rings (SSSR count). The number of nitrogens with one attached hydrogen (secondary N) is 2. The number of aryl methyl sites for hydroxylation is 1. The van der Waals surface area contributed by atoms with Crippen LogP contribution < -0.4 is 10.6 Å². The molecule has 0 aliphatic carbocycles. The van der Waals surface area contributed by atoms with Gasteiger partial charge in [-0.1, -0.05) is 6.92 Å². The molecule has 0 spiro atoms. The second-order valence-electron chi connectivity index (χ2n) is 5.40. The van der Waals surface area contributed by atoms with Crippen molar-refractivity contribution in [2.45, 2.75) is 39.7 Å². The van der Waals surface area contributed by atoms with E-state index in [0.29, 0.717) is 11.3 Å². The number of amides is 1. The predicted octanol–water partition coefficient (Wildman–Crippen LogP) is 2.70. The Morgan fingerprint density at radius 3 is 2.67 bits per heavy atom. The standard InChI is InChI=1S/C16H26N2O2S/c1-5-9-17-14-6-7-15(12(2)11-14)16(19)18-13(3)8-10-21(4)20/h6-7,11,13,17H,5,8-10H2,1-4H3,(H,18,19). The van der Waals surface area contributed by atoms with E-state index in [1.54, 1.807) is 6.26 Å². The first-order valence-corrected chi connectivity index (χ1v) is 9.12. The number of carbonyl (C=O) groups excluding carboxylic acids is 1. The zero-order chi connectivity index (χ0) is 15.8. The smallest absolute Gasteiger partial charge is 0.251 e. The highest BCUT2D eigenvalue weighted by atomic mass is 32.2. The number of rotatable bonds is 8. The van der Waals surface area contributed by atoms with Gasteiger partial charge in [-0.2, -0.15) is 0 Å². The molecule has 5 heteroatoms. The van der Waals surface area contributed by atoms with E-state index in [1.165, 1.54) is 0 Å². The van der Waals surface area contributed by atoms with Gasteiger partial charge in [0.05, 0.1) is 0 Å². The van der Waals surface area contributed by atoms with Gasteiger partial charge >= 0.3 is 0 Å². The zero-order valence-corrected chi connectivity index (χ0v) is 14.2. The Morgan fingerprint density at radius 2 is 2.10 bits per heavy atom. The maximum atomic E-state index is 12.2. The average molecular weight is 310 g/mol. The lowest BCUT2D eigenvalue weighted by Gasteiger charge is -2.15. The molecule has 118 valence electrons. The molecule has 0 aliphatic heterocycles. The van der Waals surface area contributed by atoms with Crippen LogP contribution in [0.4, 0.5) is 5.69 Å². The van der Waals surface area contributed by atoms with Crippen molar-refractivity contribution in [2.75, 3.05) is 23.9 Å². The summed E-state index contributed by atoms with van der Waals surface area (Å²) in [5.74, 6) is 0.546. The second-order valence-corrected chi connectivity index (χ2v) is 6.95. The number of benzene rings is 1. The minimum Gasteiger partial charge on any atom is -0.385 e. The summed E-state index contributed by atoms with van der Waals surface area (Å²) < 4.78 is 11.1. The van der Waals surface area contributed by atoms with Crippen molar-refractivity contribution in [3.63, 3.8) is 0 Å². The van der Waals surface area contributed by atoms with Crippen LogP contribution in [0.5, 0.6) is 0 Å². The van der Waals surface area contributed by atoms with Crippen LogP contribution in [-0.2, 0) is 10.8 Å². The summed E-state index contributed by atoms with van der Waals surface area (Å²) >= 11 is 0. The molecule has 2 N–H and O–H groups in total. The van der Waals surface area contributed by atoms with Gasteiger partial charge < -0.3 is 10.6 Å². The van der Waals surface area contributed by atoms with Gasteiger partial charge in [-0.3, -0.25) is 9.00 Å². The molecule has 1 amide bonds. The van der Waals surface area contributed by atoms with Crippen molar-refractivity contribution in [3.05, 3.63) is 29.3 Å². The van der Waals surface area contributed by atoms with E-state index >= 15 is 0 Å². The van der Waals surface area contributed by atoms with E-state index < -0.39 is 10.8 Å². The number of hydrogen-bond donors (Lipinski definition) is 2. The zero-order valence-electron chi connectivity index (χ0n) is 13.4. The highest BCUT2D eigenvalue weighted by Gasteiger charge is 2.12. The third-order valence-electron chi connectivity index (χ3n) is 3.27. The van der Waals surface area contributed by atoms with Crippen molar-refractivity contribution in [1.82, 2.24) is 5.32 Å². The SMILES string of the molecule is CCCNc1ccc(C(=O)NC(C)CCS(C)=O)c(C)c1. The molecule has 0 aliphatic rings. The fourth-order valence-electron chi connectivity index (χ4n) is 2.01. The van der Waals surface area contributed by atoms with Crippen LogP contribution in [0.3, 0.4) is 0 Å². The molecule has 0 fully saturated rings. The summed E-state index contributed by atoms with van der Waals surface area (Å²) in [5.41, 5.74) is 2.70. The maximum absolute atomic E-state index is 12.2. The third-order valence-corrected chi connectivity index (χ3v) is 4.08. The van der Waals surface area contributed by atoms with Gasteiger partial charge in [0, 0.05) is 46.6 Å². The summed E-state index contributed by atoms with van der Waals surface area (Å²) in [6, 6.07) is 5.81. The van der Waals surface area contributed by atoms with Crippen LogP contribution in [0.1, 0.15) is 42.6 Å². The van der Waals surface area contributed by atoms with Gasteiger partial charge in [0.25, 0.3) is 5.91 Å². The molecule has 0 saturated heterocycles. The van der Waals surface area contributed by atoms with E-state index in [0.717, 1.165) is 30.6 Å². The van der Waals surface area contributed by atoms with Gasteiger partial charge in [-0.25, -0.2) is 0 Å². The number of hydrogen-bond acceptors (Lipinski definition) is 3. The van der Waals surface area contributed by atoms with Crippen molar-refractivity contribution in [3.8, 4) is 0 Å². The van der Waals surface area contributed by atoms with Gasteiger partial charge in [-0.05, 0) is 50.5 Å². The minimum absolute atomic E-state index is 0.0266. The fourth-order valence-corrected chi connectivity index (χ4v) is 2.70. The normalized spacial score (nSPS) is 13.5. The van der Waals surface area contributed by atoms with Crippen molar-refractivity contribution < 1.29 is 9.00 Å². The van der Waals surface area contributed by atoms with Crippen LogP contribution in [0.25, 0.3) is 0 Å². The Bertz CT molecular complexity index is 503. The van der Waals surface area contributed by atoms with Gasteiger partial charge in [0.2, 0.25) is 0 Å². The van der Waals surface area contributed by atoms with Crippen LogP contribution in [0.2, 0.25) is 0 Å². The Balaban J connectivity index is 2.63. The first-order chi connectivity index (χ1) is 9.93. The van der Waals surface area contributed by atoms with Crippen LogP contribution in [-0.4, -0.2) is 34.7 Å². The molecule has 0 saturated carbocycles. The molecule has 0 bridgehead atoms. The summed E-state index contributed by atoms with van der Waals surface area (Å²) in [6.45, 7) is 6.93. The molecule has 2 atom stereocenters. The highest BCUT2D eigenvalue weighted by Crippen LogP contribution is 2.15. The van der Waals surface area contributed by atoms with E-state index in [9.17, 15) is 9.00 Å². The Labute approximate surface area is 130 Å². The topological polar surface area (TPSA) is 58.2 Å². The van der Waals surface area contributed by atoms with Crippen molar-refractivity contribution >= 4 is 22.4 Å². The quantitative estimate of drug-likeness (QED) is 0.776. The first-order valence-electron chi connectivity index (χ1n) is 7.39. The van der Waals surface area contributed by atoms with Gasteiger partial charge in [-0.15, -0.1) is 0 Å². The van der Waals surface area contributed by atoms with Crippen LogP contribution in [0, 0.1) is 6.92 Å². The lowest BCUT2D eigenvalue weighted by molar-refractivity contribution is 0.0939. The molecular formula is C16H26N2O2S. The fraction of sp³-hybridized carbons (Fsp3) is 0.562. The predicted molar refractivity (Wildman–Crippen MR) is 90.4 cm³/mol. The van der Waals surface area contributed by atoms with Crippen LogP contribution in [0.15, 0.2) is 18.2 Å². The minimum atomic E-state index is -0.816. The number of carbonyl (C=O) groups is 1. The van der Waals surface area contributed by atoms with Crippen molar-refractivity contribution in [2.24, 2.45) is 0 Å². The molecule has 21 heavy (non-hydrogen) atoms. The van der Waals surface area contributed by atoms with Crippen LogP contribution >= 0.6 is 0 Å². The lowest BCUT2D eigenvalue weighted by Crippen LogP contribution is -2.33. The maximum Gasteiger partial charge on any atom is 0.251 e. The molecular weight excluding hydrogens is 284 g/mol. The summed E-state index contributed by atoms with van der Waals surface area (Å²) in [7, 11) is -0.816. The summed E-state index contributed by atoms with van der Waals surface area (Å²) in [5, 5.41) is 6.27. The van der Waals surface area contributed by atoms with E-state index in [1.807, 2.05) is 32.0 Å². The van der Waals surface area contributed by atoms with Crippen molar-refractivity contribution in [1.29, 1.82) is 0 Å². The Morgan fingerprint density at radius 1 is 1.38 bits per heavy atom.